The molecule has 0 amide bonds. The minimum absolute atomic E-state index is 0.376. The van der Waals surface area contributed by atoms with E-state index in [4.69, 9.17) is 4.74 Å². The first-order valence-electron chi connectivity index (χ1n) is 6.84. The second kappa shape index (κ2) is 6.85. The molecule has 0 atom stereocenters. The molecule has 1 aliphatic rings. The first-order valence-corrected chi connectivity index (χ1v) is 8.51. The highest BCUT2D eigenvalue weighted by atomic mass is 79.9. The average molecular weight is 356 g/mol. The molecule has 108 valence electrons. The highest BCUT2D eigenvalue weighted by Gasteiger charge is 2.20. The first-order chi connectivity index (χ1) is 9.81. The van der Waals surface area contributed by atoms with Gasteiger partial charge in [0.1, 0.15) is 0 Å². The normalized spacial score (nSPS) is 17.6. The molecule has 1 saturated heterocycles. The summed E-state index contributed by atoms with van der Waals surface area (Å²) < 4.78 is 7.17. The summed E-state index contributed by atoms with van der Waals surface area (Å²) in [5, 5.41) is 2.14. The summed E-state index contributed by atoms with van der Waals surface area (Å²) in [6, 6.07) is 2.13. The fraction of sp³-hybridized carbons (Fsp3) is 0.500. The lowest BCUT2D eigenvalue weighted by Gasteiger charge is -2.31. The van der Waals surface area contributed by atoms with Crippen molar-refractivity contribution >= 4 is 27.3 Å². The summed E-state index contributed by atoms with van der Waals surface area (Å²) in [5.41, 5.74) is 1.05. The van der Waals surface area contributed by atoms with Crippen LogP contribution in [0.1, 0.15) is 23.4 Å². The van der Waals surface area contributed by atoms with Crippen LogP contribution in [0.25, 0.3) is 0 Å². The second-order valence-corrected chi connectivity index (χ2v) is 6.91. The number of halogens is 1. The van der Waals surface area contributed by atoms with Crippen LogP contribution in [0.2, 0.25) is 0 Å². The summed E-state index contributed by atoms with van der Waals surface area (Å²) >= 11 is 5.42. The molecule has 1 aliphatic heterocycles. The Kier molecular flexibility index (Phi) is 4.88. The van der Waals surface area contributed by atoms with Crippen LogP contribution in [0.4, 0.5) is 0 Å². The van der Waals surface area contributed by atoms with Gasteiger partial charge in [0.15, 0.2) is 0 Å². The van der Waals surface area contributed by atoms with E-state index in [1.165, 1.54) is 9.35 Å². The average Bonchev–Trinajstić information content (AvgIpc) is 3.11. The van der Waals surface area contributed by atoms with E-state index >= 15 is 0 Å². The van der Waals surface area contributed by atoms with Gasteiger partial charge in [-0.25, -0.2) is 4.98 Å². The molecule has 0 aliphatic carbocycles. The summed E-state index contributed by atoms with van der Waals surface area (Å²) in [4.78, 5) is 11.0. The van der Waals surface area contributed by atoms with E-state index in [0.29, 0.717) is 12.7 Å². The Balaban J connectivity index is 1.42. The Bertz CT molecular complexity index is 520. The highest BCUT2D eigenvalue weighted by Crippen LogP contribution is 2.26. The lowest BCUT2D eigenvalue weighted by atomic mass is 10.1. The number of hydrogen-bond acceptors (Lipinski definition) is 4. The Morgan fingerprint density at radius 3 is 2.95 bits per heavy atom. The first kappa shape index (κ1) is 14.3. The van der Waals surface area contributed by atoms with Gasteiger partial charge in [-0.2, -0.15) is 0 Å². The van der Waals surface area contributed by atoms with Crippen LogP contribution in [0.15, 0.2) is 28.4 Å². The summed E-state index contributed by atoms with van der Waals surface area (Å²) in [6.45, 7) is 3.91. The molecule has 4 nitrogen and oxygen atoms in total. The van der Waals surface area contributed by atoms with Crippen molar-refractivity contribution in [1.29, 1.82) is 0 Å². The number of aromatic nitrogens is 2. The minimum atomic E-state index is 0.376. The maximum Gasteiger partial charge on any atom is 0.0922 e. The van der Waals surface area contributed by atoms with Crippen LogP contribution in [-0.2, 0) is 17.9 Å². The van der Waals surface area contributed by atoms with Crippen LogP contribution >= 0.6 is 27.3 Å². The summed E-state index contributed by atoms with van der Waals surface area (Å²) in [7, 11) is 0. The molecule has 0 unspecified atom stereocenters. The molecule has 0 spiro atoms. The number of H-pyrrole nitrogens is 1. The number of nitrogens with one attached hydrogen (secondary N) is 1. The molecule has 2 aromatic heterocycles. The fourth-order valence-corrected chi connectivity index (χ4v) is 3.97. The van der Waals surface area contributed by atoms with Gasteiger partial charge in [-0.15, -0.1) is 11.3 Å². The highest BCUT2D eigenvalue weighted by molar-refractivity contribution is 9.10. The smallest absolute Gasteiger partial charge is 0.0922 e. The SMILES string of the molecule is Brc1ccsc1CN1CCC(OCc2cnc[nH]2)CC1. The van der Waals surface area contributed by atoms with Crippen molar-refractivity contribution in [2.45, 2.75) is 32.1 Å². The van der Waals surface area contributed by atoms with Crippen molar-refractivity contribution in [3.63, 3.8) is 0 Å². The molecule has 0 saturated carbocycles. The predicted molar refractivity (Wildman–Crippen MR) is 83.7 cm³/mol. The molecule has 3 heterocycles. The third-order valence-electron chi connectivity index (χ3n) is 3.62. The molecule has 1 N–H and O–H groups in total. The van der Waals surface area contributed by atoms with E-state index in [2.05, 4.69) is 42.2 Å². The molecule has 2 aromatic rings. The number of rotatable bonds is 5. The standard InChI is InChI=1S/C14H18BrN3OS/c15-13-3-6-20-14(13)8-18-4-1-12(2-5-18)19-9-11-7-16-10-17-11/h3,6-7,10,12H,1-2,4-5,8-9H2,(H,16,17). The molecule has 0 radical (unpaired) electrons. The zero-order chi connectivity index (χ0) is 13.8. The van der Waals surface area contributed by atoms with Gasteiger partial charge in [0.05, 0.1) is 30.9 Å². The van der Waals surface area contributed by atoms with Gasteiger partial charge < -0.3 is 9.72 Å². The summed E-state index contributed by atoms with van der Waals surface area (Å²) in [6.07, 6.45) is 6.11. The van der Waals surface area contributed by atoms with Gasteiger partial charge in [0.25, 0.3) is 0 Å². The van der Waals surface area contributed by atoms with E-state index < -0.39 is 0 Å². The molecular weight excluding hydrogens is 338 g/mol. The van der Waals surface area contributed by atoms with Crippen molar-refractivity contribution in [2.24, 2.45) is 0 Å². The van der Waals surface area contributed by atoms with Crippen LogP contribution < -0.4 is 0 Å². The van der Waals surface area contributed by atoms with Gasteiger partial charge in [0.2, 0.25) is 0 Å². The number of thiophene rings is 1. The van der Waals surface area contributed by atoms with Crippen molar-refractivity contribution in [1.82, 2.24) is 14.9 Å². The van der Waals surface area contributed by atoms with Gasteiger partial charge >= 0.3 is 0 Å². The zero-order valence-electron chi connectivity index (χ0n) is 11.2. The maximum absolute atomic E-state index is 5.93. The number of aromatic amines is 1. The molecular formula is C14H18BrN3OS. The van der Waals surface area contributed by atoms with E-state index in [0.717, 1.165) is 38.2 Å². The number of ether oxygens (including phenoxy) is 1. The number of piperidine rings is 1. The Labute approximate surface area is 131 Å². The van der Waals surface area contributed by atoms with Gasteiger partial charge in [-0.3, -0.25) is 4.90 Å². The number of hydrogen-bond donors (Lipinski definition) is 1. The quantitative estimate of drug-likeness (QED) is 0.893. The molecule has 0 aromatic carbocycles. The van der Waals surface area contributed by atoms with Crippen LogP contribution in [0.5, 0.6) is 0 Å². The second-order valence-electron chi connectivity index (χ2n) is 5.06. The van der Waals surface area contributed by atoms with Crippen molar-refractivity contribution in [2.75, 3.05) is 13.1 Å². The molecule has 0 bridgehead atoms. The Hall–Kier alpha value is -0.690. The van der Waals surface area contributed by atoms with Crippen LogP contribution in [-0.4, -0.2) is 34.1 Å². The maximum atomic E-state index is 5.93. The van der Waals surface area contributed by atoms with Crippen molar-refractivity contribution < 1.29 is 4.74 Å². The Morgan fingerprint density at radius 2 is 2.30 bits per heavy atom. The Morgan fingerprint density at radius 1 is 1.45 bits per heavy atom. The predicted octanol–water partition coefficient (Wildman–Crippen LogP) is 3.41. The minimum Gasteiger partial charge on any atom is -0.372 e. The van der Waals surface area contributed by atoms with Gasteiger partial charge in [-0.1, -0.05) is 0 Å². The lowest BCUT2D eigenvalue weighted by molar-refractivity contribution is -0.00496. The van der Waals surface area contributed by atoms with E-state index in [1.54, 1.807) is 6.33 Å². The molecule has 20 heavy (non-hydrogen) atoms. The van der Waals surface area contributed by atoms with E-state index in [1.807, 2.05) is 17.5 Å². The number of imidazole rings is 1. The van der Waals surface area contributed by atoms with Crippen molar-refractivity contribution in [3.05, 3.63) is 39.0 Å². The van der Waals surface area contributed by atoms with E-state index in [9.17, 15) is 0 Å². The summed E-state index contributed by atoms with van der Waals surface area (Å²) in [5.74, 6) is 0. The van der Waals surface area contributed by atoms with Crippen LogP contribution in [0, 0.1) is 0 Å². The third kappa shape index (κ3) is 3.69. The third-order valence-corrected chi connectivity index (χ3v) is 5.53. The number of likely N-dealkylation sites (tertiary alicyclic amines) is 1. The monoisotopic (exact) mass is 355 g/mol. The lowest BCUT2D eigenvalue weighted by Crippen LogP contribution is -2.36. The van der Waals surface area contributed by atoms with Crippen LogP contribution in [0.3, 0.4) is 0 Å². The topological polar surface area (TPSA) is 41.1 Å². The van der Waals surface area contributed by atoms with E-state index in [-0.39, 0.29) is 0 Å². The fourth-order valence-electron chi connectivity index (χ4n) is 2.45. The number of nitrogens with zero attached hydrogens (tertiary/aromatic N) is 2. The van der Waals surface area contributed by atoms with Gasteiger partial charge in [0, 0.05) is 29.0 Å². The molecule has 6 heteroatoms. The van der Waals surface area contributed by atoms with Crippen molar-refractivity contribution in [3.8, 4) is 0 Å². The molecule has 1 fully saturated rings. The molecule has 3 rings (SSSR count). The zero-order valence-corrected chi connectivity index (χ0v) is 13.6. The van der Waals surface area contributed by atoms with Gasteiger partial charge in [-0.05, 0) is 40.2 Å². The largest absolute Gasteiger partial charge is 0.372 e.